The molecule has 0 aromatic heterocycles. The zero-order chi connectivity index (χ0) is 14.9. The number of benzene rings is 1. The van der Waals surface area contributed by atoms with Crippen LogP contribution in [-0.2, 0) is 11.2 Å². The first kappa shape index (κ1) is 16.0. The fourth-order valence-corrected chi connectivity index (χ4v) is 2.79. The molecular weight excluding hydrogens is 267 g/mol. The van der Waals surface area contributed by atoms with Crippen molar-refractivity contribution in [1.82, 2.24) is 10.6 Å². The summed E-state index contributed by atoms with van der Waals surface area (Å²) in [4.78, 5) is 11.9. The Kier molecular flexibility index (Phi) is 6.67. The molecule has 0 aliphatic heterocycles. The van der Waals surface area contributed by atoms with Crippen LogP contribution in [0.4, 0.5) is 4.39 Å². The van der Waals surface area contributed by atoms with Gasteiger partial charge in [-0.05, 0) is 43.5 Å². The third-order valence-electron chi connectivity index (χ3n) is 4.01. The molecule has 1 aromatic carbocycles. The fourth-order valence-electron chi connectivity index (χ4n) is 2.79. The average Bonchev–Trinajstić information content (AvgIpc) is 2.74. The van der Waals surface area contributed by atoms with Crippen molar-refractivity contribution in [3.8, 4) is 0 Å². The van der Waals surface area contributed by atoms with Gasteiger partial charge in [-0.1, -0.05) is 37.8 Å². The highest BCUT2D eigenvalue weighted by Gasteiger charge is 2.14. The van der Waals surface area contributed by atoms with Gasteiger partial charge in [0.2, 0.25) is 5.91 Å². The summed E-state index contributed by atoms with van der Waals surface area (Å²) in [7, 11) is 0. The quantitative estimate of drug-likeness (QED) is 0.625. The van der Waals surface area contributed by atoms with Gasteiger partial charge in [-0.2, -0.15) is 0 Å². The van der Waals surface area contributed by atoms with Gasteiger partial charge < -0.3 is 10.6 Å². The van der Waals surface area contributed by atoms with Crippen LogP contribution in [0.2, 0.25) is 0 Å². The molecular formula is C17H25FN2O. The van der Waals surface area contributed by atoms with Crippen LogP contribution in [0.15, 0.2) is 24.3 Å². The molecule has 3 nitrogen and oxygen atoms in total. The van der Waals surface area contributed by atoms with Crippen LogP contribution < -0.4 is 10.6 Å². The second-order valence-electron chi connectivity index (χ2n) is 5.81. The van der Waals surface area contributed by atoms with E-state index in [1.54, 1.807) is 12.1 Å². The van der Waals surface area contributed by atoms with Crippen molar-refractivity contribution in [3.63, 3.8) is 0 Å². The van der Waals surface area contributed by atoms with Gasteiger partial charge in [0.1, 0.15) is 5.82 Å². The lowest BCUT2D eigenvalue weighted by molar-refractivity contribution is -0.121. The Morgan fingerprint density at radius 3 is 2.43 bits per heavy atom. The van der Waals surface area contributed by atoms with Gasteiger partial charge in [0.05, 0.1) is 6.54 Å². The van der Waals surface area contributed by atoms with E-state index in [9.17, 15) is 9.18 Å². The van der Waals surface area contributed by atoms with Gasteiger partial charge in [0, 0.05) is 6.04 Å². The molecule has 1 fully saturated rings. The van der Waals surface area contributed by atoms with E-state index < -0.39 is 0 Å². The van der Waals surface area contributed by atoms with Crippen molar-refractivity contribution in [1.29, 1.82) is 0 Å². The van der Waals surface area contributed by atoms with Crippen molar-refractivity contribution >= 4 is 5.91 Å². The van der Waals surface area contributed by atoms with Gasteiger partial charge in [0.15, 0.2) is 0 Å². The van der Waals surface area contributed by atoms with E-state index in [-0.39, 0.29) is 11.7 Å². The maximum atomic E-state index is 12.8. The van der Waals surface area contributed by atoms with Gasteiger partial charge in [0.25, 0.3) is 0 Å². The molecule has 0 saturated heterocycles. The first-order valence-electron chi connectivity index (χ1n) is 7.98. The normalized spacial score (nSPS) is 16.4. The Morgan fingerprint density at radius 2 is 1.76 bits per heavy atom. The SMILES string of the molecule is O=C(CNCCc1ccc(F)cc1)NC1CCCCCC1. The first-order chi connectivity index (χ1) is 10.2. The number of carbonyl (C=O) groups excluding carboxylic acids is 1. The first-order valence-corrected chi connectivity index (χ1v) is 7.98. The molecule has 0 bridgehead atoms. The van der Waals surface area contributed by atoms with Crippen LogP contribution in [0, 0.1) is 5.82 Å². The summed E-state index contributed by atoms with van der Waals surface area (Å²) in [5, 5.41) is 6.26. The van der Waals surface area contributed by atoms with Crippen LogP contribution >= 0.6 is 0 Å². The Hall–Kier alpha value is -1.42. The molecule has 21 heavy (non-hydrogen) atoms. The maximum absolute atomic E-state index is 12.8. The van der Waals surface area contributed by atoms with Crippen molar-refractivity contribution < 1.29 is 9.18 Å². The second-order valence-corrected chi connectivity index (χ2v) is 5.81. The summed E-state index contributed by atoms with van der Waals surface area (Å²) in [6, 6.07) is 6.85. The van der Waals surface area contributed by atoms with E-state index in [1.807, 2.05) is 0 Å². The molecule has 116 valence electrons. The predicted octanol–water partition coefficient (Wildman–Crippen LogP) is 2.80. The number of halogens is 1. The largest absolute Gasteiger partial charge is 0.352 e. The van der Waals surface area contributed by atoms with Gasteiger partial charge >= 0.3 is 0 Å². The Bertz CT molecular complexity index is 425. The minimum Gasteiger partial charge on any atom is -0.352 e. The van der Waals surface area contributed by atoms with Crippen LogP contribution in [-0.4, -0.2) is 25.0 Å². The summed E-state index contributed by atoms with van der Waals surface area (Å²) in [5.41, 5.74) is 1.08. The molecule has 4 heteroatoms. The molecule has 1 aliphatic carbocycles. The standard InChI is InChI=1S/C17H25FN2O/c18-15-9-7-14(8-10-15)11-12-19-13-17(21)20-16-5-3-1-2-4-6-16/h7-10,16,19H,1-6,11-13H2,(H,20,21). The summed E-state index contributed by atoms with van der Waals surface area (Å²) in [5.74, 6) is -0.129. The molecule has 2 N–H and O–H groups in total. The molecule has 1 saturated carbocycles. The summed E-state index contributed by atoms with van der Waals surface area (Å²) >= 11 is 0. The van der Waals surface area contributed by atoms with E-state index >= 15 is 0 Å². The highest BCUT2D eigenvalue weighted by atomic mass is 19.1. The maximum Gasteiger partial charge on any atom is 0.234 e. The Labute approximate surface area is 126 Å². The number of hydrogen-bond acceptors (Lipinski definition) is 2. The van der Waals surface area contributed by atoms with Crippen LogP contribution in [0.25, 0.3) is 0 Å². The Balaban J connectivity index is 1.59. The monoisotopic (exact) mass is 292 g/mol. The zero-order valence-electron chi connectivity index (χ0n) is 12.5. The molecule has 2 rings (SSSR count). The minimum absolute atomic E-state index is 0.0843. The number of hydrogen-bond donors (Lipinski definition) is 2. The fraction of sp³-hybridized carbons (Fsp3) is 0.588. The van der Waals surface area contributed by atoms with Crippen molar-refractivity contribution in [2.24, 2.45) is 0 Å². The molecule has 0 spiro atoms. The van der Waals surface area contributed by atoms with E-state index in [0.717, 1.165) is 31.4 Å². The zero-order valence-corrected chi connectivity index (χ0v) is 12.5. The highest BCUT2D eigenvalue weighted by Crippen LogP contribution is 2.16. The summed E-state index contributed by atoms with van der Waals surface area (Å²) in [6.07, 6.45) is 8.07. The van der Waals surface area contributed by atoms with Crippen LogP contribution in [0.5, 0.6) is 0 Å². The molecule has 0 unspecified atom stereocenters. The average molecular weight is 292 g/mol. The molecule has 1 amide bonds. The third-order valence-corrected chi connectivity index (χ3v) is 4.01. The van der Waals surface area contributed by atoms with E-state index in [1.165, 1.54) is 37.8 Å². The van der Waals surface area contributed by atoms with Crippen molar-refractivity contribution in [2.45, 2.75) is 51.0 Å². The Morgan fingerprint density at radius 1 is 1.10 bits per heavy atom. The van der Waals surface area contributed by atoms with E-state index in [4.69, 9.17) is 0 Å². The van der Waals surface area contributed by atoms with Crippen LogP contribution in [0.3, 0.4) is 0 Å². The smallest absolute Gasteiger partial charge is 0.234 e. The van der Waals surface area contributed by atoms with E-state index in [2.05, 4.69) is 10.6 Å². The lowest BCUT2D eigenvalue weighted by Gasteiger charge is -2.16. The predicted molar refractivity (Wildman–Crippen MR) is 82.6 cm³/mol. The summed E-state index contributed by atoms with van der Waals surface area (Å²) < 4.78 is 12.8. The third kappa shape index (κ3) is 6.25. The highest BCUT2D eigenvalue weighted by molar-refractivity contribution is 5.78. The van der Waals surface area contributed by atoms with E-state index in [0.29, 0.717) is 12.6 Å². The lowest BCUT2D eigenvalue weighted by Crippen LogP contribution is -2.40. The minimum atomic E-state index is -0.213. The van der Waals surface area contributed by atoms with Gasteiger partial charge in [-0.15, -0.1) is 0 Å². The van der Waals surface area contributed by atoms with Crippen molar-refractivity contribution in [2.75, 3.05) is 13.1 Å². The molecule has 0 atom stereocenters. The second kappa shape index (κ2) is 8.78. The number of rotatable bonds is 6. The molecule has 0 heterocycles. The van der Waals surface area contributed by atoms with Crippen molar-refractivity contribution in [3.05, 3.63) is 35.6 Å². The van der Waals surface area contributed by atoms with Gasteiger partial charge in [-0.3, -0.25) is 4.79 Å². The topological polar surface area (TPSA) is 41.1 Å². The number of amides is 1. The molecule has 0 radical (unpaired) electrons. The number of carbonyl (C=O) groups is 1. The van der Waals surface area contributed by atoms with Gasteiger partial charge in [-0.25, -0.2) is 4.39 Å². The lowest BCUT2D eigenvalue weighted by atomic mass is 10.1. The van der Waals surface area contributed by atoms with Crippen LogP contribution in [0.1, 0.15) is 44.1 Å². The number of nitrogens with one attached hydrogen (secondary N) is 2. The summed E-state index contributed by atoms with van der Waals surface area (Å²) in [6.45, 7) is 1.08. The molecule has 1 aromatic rings. The molecule has 1 aliphatic rings.